The molecule has 3 aromatic carbocycles. The van der Waals surface area contributed by atoms with E-state index in [4.69, 9.17) is 4.52 Å². The molecule has 0 unspecified atom stereocenters. The van der Waals surface area contributed by atoms with Crippen LogP contribution in [0.4, 0.5) is 0 Å². The lowest BCUT2D eigenvalue weighted by Gasteiger charge is -2.09. The lowest BCUT2D eigenvalue weighted by atomic mass is 10.1. The van der Waals surface area contributed by atoms with Crippen LogP contribution in [0.2, 0.25) is 0 Å². The molecule has 0 aliphatic rings. The smallest absolute Gasteiger partial charge is 0.251 e. The van der Waals surface area contributed by atoms with E-state index in [0.717, 1.165) is 33.3 Å². The molecule has 0 radical (unpaired) electrons. The van der Waals surface area contributed by atoms with Crippen molar-refractivity contribution in [2.45, 2.75) is 13.5 Å². The van der Waals surface area contributed by atoms with E-state index in [1.807, 2.05) is 73.7 Å². The van der Waals surface area contributed by atoms with Gasteiger partial charge in [0.2, 0.25) is 0 Å². The molecule has 0 aliphatic heterocycles. The summed E-state index contributed by atoms with van der Waals surface area (Å²) in [6.07, 6.45) is 0. The molecule has 0 spiro atoms. The maximum Gasteiger partial charge on any atom is 0.251 e. The van der Waals surface area contributed by atoms with Gasteiger partial charge in [0.05, 0.1) is 16.4 Å². The van der Waals surface area contributed by atoms with Gasteiger partial charge in [-0.3, -0.25) is 4.79 Å². The molecule has 0 saturated heterocycles. The van der Waals surface area contributed by atoms with Crippen molar-refractivity contribution in [3.8, 4) is 11.3 Å². The number of hydrogen-bond donors (Lipinski definition) is 1. The number of nitrogens with zero attached hydrogens (tertiary/aromatic N) is 3. The molecule has 148 valence electrons. The van der Waals surface area contributed by atoms with Gasteiger partial charge in [-0.2, -0.15) is 0 Å². The van der Waals surface area contributed by atoms with Gasteiger partial charge >= 0.3 is 0 Å². The molecule has 2 heterocycles. The third-order valence-corrected chi connectivity index (χ3v) is 5.24. The maximum atomic E-state index is 12.7. The van der Waals surface area contributed by atoms with Crippen molar-refractivity contribution >= 4 is 27.8 Å². The van der Waals surface area contributed by atoms with Crippen LogP contribution in [0.3, 0.4) is 0 Å². The third-order valence-electron chi connectivity index (χ3n) is 5.24. The molecule has 5 rings (SSSR count). The molecule has 30 heavy (non-hydrogen) atoms. The number of para-hydroxylation sites is 2. The molecule has 6 heteroatoms. The number of rotatable bonds is 5. The second-order valence-corrected chi connectivity index (χ2v) is 7.16. The highest BCUT2D eigenvalue weighted by molar-refractivity contribution is 6.01. The number of nitrogens with one attached hydrogen (secondary N) is 1. The Morgan fingerprint density at radius 3 is 2.67 bits per heavy atom. The SMILES string of the molecule is Cc1nc2ccccc2n1CCNC(=O)c1ccc2noc(-c3ccccc3)c2c1. The van der Waals surface area contributed by atoms with Gasteiger partial charge in [-0.1, -0.05) is 47.6 Å². The minimum atomic E-state index is -0.126. The number of aromatic nitrogens is 3. The van der Waals surface area contributed by atoms with Gasteiger partial charge in [-0.15, -0.1) is 0 Å². The van der Waals surface area contributed by atoms with E-state index in [-0.39, 0.29) is 5.91 Å². The van der Waals surface area contributed by atoms with E-state index in [0.29, 0.717) is 24.4 Å². The zero-order valence-corrected chi connectivity index (χ0v) is 16.5. The lowest BCUT2D eigenvalue weighted by molar-refractivity contribution is 0.0952. The Labute approximate surface area is 173 Å². The molecular formula is C24H20N4O2. The summed E-state index contributed by atoms with van der Waals surface area (Å²) >= 11 is 0. The van der Waals surface area contributed by atoms with Crippen LogP contribution < -0.4 is 5.32 Å². The number of aryl methyl sites for hydroxylation is 1. The van der Waals surface area contributed by atoms with E-state index < -0.39 is 0 Å². The van der Waals surface area contributed by atoms with E-state index in [2.05, 4.69) is 20.0 Å². The van der Waals surface area contributed by atoms with E-state index in [1.54, 1.807) is 6.07 Å². The summed E-state index contributed by atoms with van der Waals surface area (Å²) in [5.41, 5.74) is 4.27. The standard InChI is InChI=1S/C24H20N4O2/c1-16-26-21-9-5-6-10-22(21)28(16)14-13-25-24(29)18-11-12-20-19(15-18)23(30-27-20)17-7-3-2-4-8-17/h2-12,15H,13-14H2,1H3,(H,25,29). The van der Waals surface area contributed by atoms with Crippen molar-refractivity contribution < 1.29 is 9.32 Å². The monoisotopic (exact) mass is 396 g/mol. The van der Waals surface area contributed by atoms with Gasteiger partial charge in [0, 0.05) is 24.2 Å². The summed E-state index contributed by atoms with van der Waals surface area (Å²) in [5.74, 6) is 1.48. The number of benzene rings is 3. The van der Waals surface area contributed by atoms with Gasteiger partial charge in [0.1, 0.15) is 11.3 Å². The molecule has 0 aliphatic carbocycles. The fourth-order valence-corrected chi connectivity index (χ4v) is 3.74. The van der Waals surface area contributed by atoms with Gasteiger partial charge in [0.25, 0.3) is 5.91 Å². The first-order chi connectivity index (χ1) is 14.7. The zero-order chi connectivity index (χ0) is 20.5. The van der Waals surface area contributed by atoms with E-state index >= 15 is 0 Å². The number of imidazole rings is 1. The predicted molar refractivity (Wildman–Crippen MR) is 116 cm³/mol. The van der Waals surface area contributed by atoms with Crippen molar-refractivity contribution in [1.29, 1.82) is 0 Å². The van der Waals surface area contributed by atoms with Crippen LogP contribution in [0.25, 0.3) is 33.3 Å². The van der Waals surface area contributed by atoms with Crippen molar-refractivity contribution in [1.82, 2.24) is 20.0 Å². The molecule has 2 aromatic heterocycles. The minimum Gasteiger partial charge on any atom is -0.355 e. The minimum absolute atomic E-state index is 0.126. The quantitative estimate of drug-likeness (QED) is 0.472. The lowest BCUT2D eigenvalue weighted by Crippen LogP contribution is -2.27. The average Bonchev–Trinajstić information content (AvgIpc) is 3.34. The molecule has 0 fully saturated rings. The second kappa shape index (κ2) is 7.48. The van der Waals surface area contributed by atoms with Gasteiger partial charge in [-0.05, 0) is 37.3 Å². The Bertz CT molecular complexity index is 1350. The third kappa shape index (κ3) is 3.22. The summed E-state index contributed by atoms with van der Waals surface area (Å²) in [6.45, 7) is 3.14. The van der Waals surface area contributed by atoms with Gasteiger partial charge in [-0.25, -0.2) is 4.98 Å². The Morgan fingerprint density at radius 1 is 1.00 bits per heavy atom. The first-order valence-electron chi connectivity index (χ1n) is 9.85. The Kier molecular flexibility index (Phi) is 4.52. The van der Waals surface area contributed by atoms with Crippen LogP contribution in [0.15, 0.2) is 77.3 Å². The average molecular weight is 396 g/mol. The first-order valence-corrected chi connectivity index (χ1v) is 9.85. The Balaban J connectivity index is 1.34. The topological polar surface area (TPSA) is 73.0 Å². The fourth-order valence-electron chi connectivity index (χ4n) is 3.74. The molecule has 0 atom stereocenters. The van der Waals surface area contributed by atoms with Crippen molar-refractivity contribution in [3.63, 3.8) is 0 Å². The number of carbonyl (C=O) groups excluding carboxylic acids is 1. The molecule has 5 aromatic rings. The van der Waals surface area contributed by atoms with Crippen LogP contribution in [0.5, 0.6) is 0 Å². The van der Waals surface area contributed by atoms with E-state index in [9.17, 15) is 4.79 Å². The van der Waals surface area contributed by atoms with Gasteiger partial charge < -0.3 is 14.4 Å². The molecule has 1 amide bonds. The fraction of sp³-hybridized carbons (Fsp3) is 0.125. The van der Waals surface area contributed by atoms with Crippen molar-refractivity contribution in [2.24, 2.45) is 0 Å². The maximum absolute atomic E-state index is 12.7. The summed E-state index contributed by atoms with van der Waals surface area (Å²) in [5, 5.41) is 7.94. The largest absolute Gasteiger partial charge is 0.355 e. The zero-order valence-electron chi connectivity index (χ0n) is 16.5. The summed E-state index contributed by atoms with van der Waals surface area (Å²) in [6, 6.07) is 23.2. The van der Waals surface area contributed by atoms with Crippen LogP contribution in [-0.4, -0.2) is 27.2 Å². The summed E-state index contributed by atoms with van der Waals surface area (Å²) < 4.78 is 7.65. The molecule has 6 nitrogen and oxygen atoms in total. The van der Waals surface area contributed by atoms with Crippen LogP contribution >= 0.6 is 0 Å². The summed E-state index contributed by atoms with van der Waals surface area (Å²) in [4.78, 5) is 17.3. The molecule has 0 bridgehead atoms. The summed E-state index contributed by atoms with van der Waals surface area (Å²) in [7, 11) is 0. The highest BCUT2D eigenvalue weighted by Gasteiger charge is 2.14. The number of carbonyl (C=O) groups is 1. The Hall–Kier alpha value is -3.93. The van der Waals surface area contributed by atoms with Crippen molar-refractivity contribution in [3.05, 3.63) is 84.2 Å². The van der Waals surface area contributed by atoms with Gasteiger partial charge in [0.15, 0.2) is 5.76 Å². The van der Waals surface area contributed by atoms with E-state index in [1.165, 1.54) is 0 Å². The predicted octanol–water partition coefficient (Wildman–Crippen LogP) is 4.58. The number of amides is 1. The van der Waals surface area contributed by atoms with Crippen LogP contribution in [0, 0.1) is 6.92 Å². The second-order valence-electron chi connectivity index (χ2n) is 7.16. The van der Waals surface area contributed by atoms with Crippen molar-refractivity contribution in [2.75, 3.05) is 6.54 Å². The molecule has 0 saturated carbocycles. The highest BCUT2D eigenvalue weighted by atomic mass is 16.5. The Morgan fingerprint density at radius 2 is 1.80 bits per heavy atom. The molecule has 1 N–H and O–H groups in total. The normalized spacial score (nSPS) is 11.2. The molecular weight excluding hydrogens is 376 g/mol. The first kappa shape index (κ1) is 18.1. The van der Waals surface area contributed by atoms with Crippen LogP contribution in [-0.2, 0) is 6.54 Å². The van der Waals surface area contributed by atoms with Crippen LogP contribution in [0.1, 0.15) is 16.2 Å². The highest BCUT2D eigenvalue weighted by Crippen LogP contribution is 2.29. The number of fused-ring (bicyclic) bond motifs is 2. The number of hydrogen-bond acceptors (Lipinski definition) is 4.